The van der Waals surface area contributed by atoms with Crippen molar-refractivity contribution in [1.29, 1.82) is 0 Å². The summed E-state index contributed by atoms with van der Waals surface area (Å²) in [6.07, 6.45) is 0. The van der Waals surface area contributed by atoms with E-state index in [1.807, 2.05) is 0 Å². The lowest BCUT2D eigenvalue weighted by Crippen LogP contribution is -2.26. The summed E-state index contributed by atoms with van der Waals surface area (Å²) in [5, 5.41) is 11.2. The van der Waals surface area contributed by atoms with Crippen molar-refractivity contribution in [2.75, 3.05) is 21.3 Å². The molecule has 0 aliphatic heterocycles. The summed E-state index contributed by atoms with van der Waals surface area (Å²) >= 11 is 12.5. The van der Waals surface area contributed by atoms with E-state index in [0.29, 0.717) is 0 Å². The van der Waals surface area contributed by atoms with Crippen molar-refractivity contribution in [3.05, 3.63) is 222 Å². The van der Waals surface area contributed by atoms with E-state index < -0.39 is 46.8 Å². The molecule has 7 aromatic rings. The van der Waals surface area contributed by atoms with Crippen LogP contribution in [0.1, 0.15) is 105 Å². The molecular formula is C50H28Cl2N4O8. The molecular weight excluding hydrogens is 855 g/mol. The number of ketones is 4. The van der Waals surface area contributed by atoms with Gasteiger partial charge in [0.15, 0.2) is 23.1 Å². The normalized spacial score (nSPS) is 12.3. The Labute approximate surface area is 373 Å². The molecule has 0 aromatic heterocycles. The zero-order chi connectivity index (χ0) is 44.8. The fourth-order valence-electron chi connectivity index (χ4n) is 7.69. The van der Waals surface area contributed by atoms with Gasteiger partial charge in [0.25, 0.3) is 23.6 Å². The van der Waals surface area contributed by atoms with Crippen molar-refractivity contribution >= 4 is 92.7 Å². The molecule has 0 spiro atoms. The van der Waals surface area contributed by atoms with Crippen LogP contribution < -0.4 is 21.3 Å². The average Bonchev–Trinajstić information content (AvgIpc) is 3.31. The Kier molecular flexibility index (Phi) is 10.6. The molecule has 7 aromatic carbocycles. The number of anilines is 4. The van der Waals surface area contributed by atoms with Crippen LogP contribution >= 0.6 is 23.2 Å². The van der Waals surface area contributed by atoms with E-state index in [9.17, 15) is 38.4 Å². The summed E-state index contributed by atoms with van der Waals surface area (Å²) in [4.78, 5) is 110. The van der Waals surface area contributed by atoms with Crippen molar-refractivity contribution in [2.24, 2.45) is 0 Å². The molecule has 0 unspecified atom stereocenters. The molecule has 0 atom stereocenters. The lowest BCUT2D eigenvalue weighted by atomic mass is 9.82. The molecule has 9 rings (SSSR count). The molecule has 12 nitrogen and oxygen atoms in total. The largest absolute Gasteiger partial charge is 0.321 e. The van der Waals surface area contributed by atoms with Crippen LogP contribution in [0, 0.1) is 0 Å². The molecule has 0 saturated carbocycles. The predicted molar refractivity (Wildman–Crippen MR) is 241 cm³/mol. The summed E-state index contributed by atoms with van der Waals surface area (Å²) in [6.45, 7) is 0. The Balaban J connectivity index is 0.986. The van der Waals surface area contributed by atoms with Crippen LogP contribution in [-0.4, -0.2) is 46.8 Å². The topological polar surface area (TPSA) is 185 Å². The minimum absolute atomic E-state index is 0.00230. The molecule has 14 heteroatoms. The Morgan fingerprint density at radius 1 is 0.312 bits per heavy atom. The van der Waals surface area contributed by atoms with Crippen LogP contribution in [-0.2, 0) is 0 Å². The van der Waals surface area contributed by atoms with Crippen molar-refractivity contribution in [3.8, 4) is 0 Å². The van der Waals surface area contributed by atoms with E-state index in [0.717, 1.165) is 0 Å². The maximum atomic E-state index is 14.0. The van der Waals surface area contributed by atoms with Gasteiger partial charge in [-0.25, -0.2) is 0 Å². The van der Waals surface area contributed by atoms with Crippen molar-refractivity contribution in [1.82, 2.24) is 0 Å². The predicted octanol–water partition coefficient (Wildman–Crippen LogP) is 9.55. The smallest absolute Gasteiger partial charge is 0.257 e. The molecule has 310 valence electrons. The van der Waals surface area contributed by atoms with E-state index >= 15 is 0 Å². The highest BCUT2D eigenvalue weighted by Crippen LogP contribution is 2.39. The number of hydrogen-bond acceptors (Lipinski definition) is 8. The standard InChI is InChI=1S/C50H28Cl2N4O8/c51-33-15-7-5-13-31(33)49(63)55-37-23-21-35(39-41(37)45(59)29-11-3-1-9-27(29)43(39)57)53-47(61)25-17-19-26(20-18-25)48(62)54-36-22-24-38(56-50(64)32-14-6-8-16-34(32)52)42-40(36)44(58)28-10-2-4-12-30(28)46(42)60/h1-24H,(H,53,61)(H,54,62)(H,55,63)(H,56,64). The number of halogens is 2. The number of amides is 4. The fraction of sp³-hybridized carbons (Fsp3) is 0. The van der Waals surface area contributed by atoms with Gasteiger partial charge in [-0.15, -0.1) is 0 Å². The van der Waals surface area contributed by atoms with Crippen molar-refractivity contribution in [3.63, 3.8) is 0 Å². The average molecular weight is 884 g/mol. The fourth-order valence-corrected chi connectivity index (χ4v) is 8.14. The van der Waals surface area contributed by atoms with Gasteiger partial charge in [-0.1, -0.05) is 96.0 Å². The number of carbonyl (C=O) groups excluding carboxylic acids is 8. The van der Waals surface area contributed by atoms with E-state index in [-0.39, 0.29) is 99.6 Å². The second-order valence-corrected chi connectivity index (χ2v) is 15.4. The van der Waals surface area contributed by atoms with Crippen LogP contribution in [0.3, 0.4) is 0 Å². The van der Waals surface area contributed by atoms with Crippen molar-refractivity contribution < 1.29 is 38.4 Å². The van der Waals surface area contributed by atoms with E-state index in [4.69, 9.17) is 23.2 Å². The highest BCUT2D eigenvalue weighted by molar-refractivity contribution is 6.37. The third-order valence-electron chi connectivity index (χ3n) is 10.8. The zero-order valence-corrected chi connectivity index (χ0v) is 34.4. The Morgan fingerprint density at radius 2 is 0.562 bits per heavy atom. The summed E-state index contributed by atoms with van der Waals surface area (Å²) in [6, 6.07) is 36.2. The third kappa shape index (κ3) is 7.22. The minimum atomic E-state index is -0.688. The SMILES string of the molecule is O=C(Nc1ccc(NC(=O)c2ccccc2Cl)c2c1C(=O)c1ccccc1C2=O)c1ccc(C(=O)Nc2ccc(NC(=O)c3ccccc3Cl)c3c2C(=O)c2ccccc2C3=O)cc1. The molecule has 2 aliphatic rings. The van der Waals surface area contributed by atoms with Gasteiger partial charge < -0.3 is 21.3 Å². The Morgan fingerprint density at radius 3 is 0.844 bits per heavy atom. The van der Waals surface area contributed by atoms with E-state index in [1.165, 1.54) is 97.1 Å². The highest BCUT2D eigenvalue weighted by Gasteiger charge is 2.36. The lowest BCUT2D eigenvalue weighted by molar-refractivity contribution is 0.0977. The summed E-state index contributed by atoms with van der Waals surface area (Å²) in [5.41, 5.74) is 0.522. The van der Waals surface area contributed by atoms with Gasteiger partial charge in [0.2, 0.25) is 0 Å². The van der Waals surface area contributed by atoms with Crippen molar-refractivity contribution in [2.45, 2.75) is 0 Å². The molecule has 4 N–H and O–H groups in total. The van der Waals surface area contributed by atoms with Crippen LogP contribution in [0.4, 0.5) is 22.7 Å². The van der Waals surface area contributed by atoms with Gasteiger partial charge in [-0.05, 0) is 72.8 Å². The van der Waals surface area contributed by atoms with Gasteiger partial charge in [0.05, 0.1) is 66.2 Å². The molecule has 64 heavy (non-hydrogen) atoms. The number of hydrogen-bond donors (Lipinski definition) is 4. The van der Waals surface area contributed by atoms with E-state index in [2.05, 4.69) is 21.3 Å². The number of nitrogens with one attached hydrogen (secondary N) is 4. The molecule has 0 fully saturated rings. The number of benzene rings is 7. The maximum Gasteiger partial charge on any atom is 0.257 e. The van der Waals surface area contributed by atoms with E-state index in [1.54, 1.807) is 48.5 Å². The highest BCUT2D eigenvalue weighted by atomic mass is 35.5. The maximum absolute atomic E-state index is 14.0. The molecule has 0 radical (unpaired) electrons. The number of fused-ring (bicyclic) bond motifs is 4. The number of rotatable bonds is 8. The first-order valence-corrected chi connectivity index (χ1v) is 20.2. The summed E-state index contributed by atoms with van der Waals surface area (Å²) < 4.78 is 0. The second kappa shape index (κ2) is 16.5. The molecule has 0 bridgehead atoms. The van der Waals surface area contributed by atoms with Gasteiger partial charge in [-0.2, -0.15) is 0 Å². The first-order chi connectivity index (χ1) is 30.9. The molecule has 0 heterocycles. The first kappa shape index (κ1) is 41.1. The van der Waals surface area contributed by atoms with Gasteiger partial charge in [0, 0.05) is 33.4 Å². The zero-order valence-electron chi connectivity index (χ0n) is 32.9. The van der Waals surface area contributed by atoms with Crippen LogP contribution in [0.15, 0.2) is 146 Å². The third-order valence-corrected chi connectivity index (χ3v) is 11.4. The number of carbonyl (C=O) groups is 8. The minimum Gasteiger partial charge on any atom is -0.321 e. The Hall–Kier alpha value is -8.32. The van der Waals surface area contributed by atoms with Gasteiger partial charge in [-0.3, -0.25) is 38.4 Å². The summed E-state index contributed by atoms with van der Waals surface area (Å²) in [5.74, 6) is -4.80. The van der Waals surface area contributed by atoms with Gasteiger partial charge >= 0.3 is 0 Å². The molecule has 2 aliphatic carbocycles. The van der Waals surface area contributed by atoms with Crippen LogP contribution in [0.2, 0.25) is 10.0 Å². The van der Waals surface area contributed by atoms with Gasteiger partial charge in [0.1, 0.15) is 0 Å². The van der Waals surface area contributed by atoms with Crippen LogP contribution in [0.5, 0.6) is 0 Å². The Bertz CT molecular complexity index is 3040. The lowest BCUT2D eigenvalue weighted by Gasteiger charge is -2.23. The summed E-state index contributed by atoms with van der Waals surface area (Å²) in [7, 11) is 0. The quantitative estimate of drug-likeness (QED) is 0.116. The van der Waals surface area contributed by atoms with Crippen LogP contribution in [0.25, 0.3) is 0 Å². The molecule has 4 amide bonds. The first-order valence-electron chi connectivity index (χ1n) is 19.5. The molecule has 0 saturated heterocycles. The monoisotopic (exact) mass is 882 g/mol. The second-order valence-electron chi connectivity index (χ2n) is 14.6.